The van der Waals surface area contributed by atoms with Gasteiger partial charge in [0.25, 0.3) is 11.5 Å². The molecule has 34 heavy (non-hydrogen) atoms. The van der Waals surface area contributed by atoms with Crippen molar-refractivity contribution >= 4 is 27.7 Å². The Morgan fingerprint density at radius 1 is 1.15 bits per heavy atom. The number of nitrogens with zero attached hydrogens (tertiary/aromatic N) is 3. The minimum Gasteiger partial charge on any atom is -0.379 e. The van der Waals surface area contributed by atoms with Crippen molar-refractivity contribution in [2.75, 3.05) is 13.2 Å². The van der Waals surface area contributed by atoms with E-state index in [-0.39, 0.29) is 29.9 Å². The van der Waals surface area contributed by atoms with Crippen molar-refractivity contribution in [2.45, 2.75) is 45.8 Å². The zero-order valence-electron chi connectivity index (χ0n) is 19.2. The summed E-state index contributed by atoms with van der Waals surface area (Å²) < 4.78 is 21.9. The molecule has 2 aliphatic heterocycles. The lowest BCUT2D eigenvalue weighted by Crippen LogP contribution is -2.26. The van der Waals surface area contributed by atoms with Gasteiger partial charge in [-0.25, -0.2) is 4.39 Å². The average Bonchev–Trinajstić information content (AvgIpc) is 3.49. The molecule has 1 saturated heterocycles. The normalized spacial score (nSPS) is 18.1. The van der Waals surface area contributed by atoms with E-state index in [1.807, 2.05) is 24.6 Å². The molecule has 0 aliphatic carbocycles. The molecule has 2 aliphatic rings. The third-order valence-electron chi connectivity index (χ3n) is 7.21. The second kappa shape index (κ2) is 7.77. The highest BCUT2D eigenvalue weighted by Crippen LogP contribution is 2.32. The number of ether oxygens (including phenoxy) is 1. The van der Waals surface area contributed by atoms with Crippen molar-refractivity contribution in [3.8, 4) is 0 Å². The summed E-state index contributed by atoms with van der Waals surface area (Å²) in [4.78, 5) is 30.9. The van der Waals surface area contributed by atoms with Gasteiger partial charge in [-0.15, -0.1) is 0 Å². The summed E-state index contributed by atoms with van der Waals surface area (Å²) in [7, 11) is 0. The van der Waals surface area contributed by atoms with Crippen LogP contribution in [0.3, 0.4) is 0 Å². The molecule has 4 heterocycles. The number of carbonyl (C=O) groups is 1. The first-order chi connectivity index (χ1) is 16.4. The van der Waals surface area contributed by atoms with E-state index in [0.717, 1.165) is 47.0 Å². The fourth-order valence-corrected chi connectivity index (χ4v) is 5.34. The molecule has 1 N–H and O–H groups in total. The number of hydrogen-bond acceptors (Lipinski definition) is 4. The van der Waals surface area contributed by atoms with E-state index in [1.54, 1.807) is 23.2 Å². The number of aromatic amines is 1. The number of aromatic nitrogens is 3. The highest BCUT2D eigenvalue weighted by atomic mass is 19.1. The van der Waals surface area contributed by atoms with E-state index in [2.05, 4.69) is 10.1 Å². The van der Waals surface area contributed by atoms with E-state index in [0.29, 0.717) is 35.2 Å². The topological polar surface area (TPSA) is 80.2 Å². The first-order valence-electron chi connectivity index (χ1n) is 11.6. The molecular weight excluding hydrogens is 435 g/mol. The van der Waals surface area contributed by atoms with E-state index >= 15 is 0 Å². The van der Waals surface area contributed by atoms with Crippen LogP contribution in [0.25, 0.3) is 21.8 Å². The van der Waals surface area contributed by atoms with E-state index in [1.165, 1.54) is 6.07 Å². The van der Waals surface area contributed by atoms with Gasteiger partial charge >= 0.3 is 0 Å². The smallest absolute Gasteiger partial charge is 0.259 e. The van der Waals surface area contributed by atoms with E-state index < -0.39 is 0 Å². The van der Waals surface area contributed by atoms with Crippen LogP contribution in [0.15, 0.2) is 35.3 Å². The summed E-state index contributed by atoms with van der Waals surface area (Å²) in [6, 6.07) is 6.96. The minimum absolute atomic E-state index is 0.0686. The number of aryl methyl sites for hydroxylation is 2. The lowest BCUT2D eigenvalue weighted by molar-refractivity contribution is 0.0565. The van der Waals surface area contributed by atoms with Crippen molar-refractivity contribution < 1.29 is 13.9 Å². The quantitative estimate of drug-likeness (QED) is 0.488. The summed E-state index contributed by atoms with van der Waals surface area (Å²) in [6.45, 7) is 5.74. The van der Waals surface area contributed by atoms with Crippen LogP contribution in [0.1, 0.15) is 51.5 Å². The van der Waals surface area contributed by atoms with E-state index in [9.17, 15) is 14.0 Å². The number of carbonyl (C=O) groups excluding carboxylic acids is 1. The van der Waals surface area contributed by atoms with Gasteiger partial charge in [-0.05, 0) is 61.6 Å². The van der Waals surface area contributed by atoms with Crippen molar-refractivity contribution in [1.82, 2.24) is 19.7 Å². The Labute approximate surface area is 195 Å². The maximum atomic E-state index is 14.4. The zero-order chi connectivity index (χ0) is 23.6. The number of pyridine rings is 1. The van der Waals surface area contributed by atoms with Crippen molar-refractivity contribution in [3.63, 3.8) is 0 Å². The second-order valence-corrected chi connectivity index (χ2v) is 9.37. The van der Waals surface area contributed by atoms with Crippen molar-refractivity contribution in [3.05, 3.63) is 74.5 Å². The van der Waals surface area contributed by atoms with Gasteiger partial charge in [-0.2, -0.15) is 5.10 Å². The molecule has 0 spiro atoms. The highest BCUT2D eigenvalue weighted by Gasteiger charge is 2.29. The first-order valence-corrected chi connectivity index (χ1v) is 11.6. The molecule has 1 fully saturated rings. The first kappa shape index (κ1) is 21.0. The molecule has 8 heteroatoms. The Kier molecular flexibility index (Phi) is 4.81. The Morgan fingerprint density at radius 2 is 1.97 bits per heavy atom. The number of nitrogens with one attached hydrogen (secondary N) is 1. The Balaban J connectivity index is 1.44. The van der Waals surface area contributed by atoms with Crippen LogP contribution < -0.4 is 5.56 Å². The van der Waals surface area contributed by atoms with Gasteiger partial charge in [-0.1, -0.05) is 6.07 Å². The van der Waals surface area contributed by atoms with Crippen LogP contribution in [0.2, 0.25) is 0 Å². The van der Waals surface area contributed by atoms with E-state index in [4.69, 9.17) is 4.74 Å². The number of fused-ring (bicyclic) bond motifs is 4. The molecule has 6 rings (SSSR count). The Bertz CT molecular complexity index is 1500. The Morgan fingerprint density at radius 3 is 2.74 bits per heavy atom. The summed E-state index contributed by atoms with van der Waals surface area (Å²) >= 11 is 0. The van der Waals surface area contributed by atoms with Crippen LogP contribution in [-0.4, -0.2) is 38.8 Å². The zero-order valence-corrected chi connectivity index (χ0v) is 19.2. The molecule has 2 aromatic heterocycles. The monoisotopic (exact) mass is 460 g/mol. The van der Waals surface area contributed by atoms with Crippen LogP contribution in [0.5, 0.6) is 0 Å². The lowest BCUT2D eigenvalue weighted by atomic mass is 10.0. The van der Waals surface area contributed by atoms with Gasteiger partial charge < -0.3 is 14.6 Å². The molecule has 7 nitrogen and oxygen atoms in total. The number of hydrogen-bond donors (Lipinski definition) is 1. The molecule has 4 aromatic rings. The number of amides is 1. The van der Waals surface area contributed by atoms with Crippen LogP contribution >= 0.6 is 0 Å². The minimum atomic E-state index is -0.280. The summed E-state index contributed by atoms with van der Waals surface area (Å²) in [5, 5.41) is 5.90. The van der Waals surface area contributed by atoms with Crippen LogP contribution in [0.4, 0.5) is 4.39 Å². The van der Waals surface area contributed by atoms with Crippen LogP contribution in [-0.2, 0) is 17.8 Å². The third kappa shape index (κ3) is 3.16. The summed E-state index contributed by atoms with van der Waals surface area (Å²) in [6.07, 6.45) is 3.49. The van der Waals surface area contributed by atoms with Gasteiger partial charge in [0, 0.05) is 36.2 Å². The fourth-order valence-electron chi connectivity index (χ4n) is 5.34. The van der Waals surface area contributed by atoms with Gasteiger partial charge in [-0.3, -0.25) is 14.3 Å². The molecule has 1 unspecified atom stereocenters. The fraction of sp³-hybridized carbons (Fsp3) is 0.346. The molecule has 0 bridgehead atoms. The number of benzene rings is 2. The number of rotatable bonds is 2. The second-order valence-electron chi connectivity index (χ2n) is 9.37. The molecule has 0 saturated carbocycles. The average molecular weight is 461 g/mol. The molecule has 174 valence electrons. The molecule has 1 amide bonds. The maximum absolute atomic E-state index is 14.4. The number of H-pyrrole nitrogens is 1. The lowest BCUT2D eigenvalue weighted by Gasteiger charge is -2.23. The van der Waals surface area contributed by atoms with Crippen LogP contribution in [0, 0.1) is 19.7 Å². The number of halogens is 1. The largest absolute Gasteiger partial charge is 0.379 e. The summed E-state index contributed by atoms with van der Waals surface area (Å²) in [5.41, 5.74) is 4.85. The predicted octanol–water partition coefficient (Wildman–Crippen LogP) is 4.14. The van der Waals surface area contributed by atoms with Gasteiger partial charge in [0.05, 0.1) is 35.3 Å². The van der Waals surface area contributed by atoms with Gasteiger partial charge in [0.2, 0.25) is 0 Å². The Hall–Kier alpha value is -3.52. The van der Waals surface area contributed by atoms with Gasteiger partial charge in [0.15, 0.2) is 0 Å². The van der Waals surface area contributed by atoms with Crippen molar-refractivity contribution in [1.29, 1.82) is 0 Å². The predicted molar refractivity (Wildman–Crippen MR) is 126 cm³/mol. The standard InChI is InChI=1S/C26H25FN4O3/c1-14-5-6-22(27)21-12-30(11-20(14)21)26(33)17-9-23-18(8-15(17)2)24-19(25(32)29-23)10-28-31(24)16-4-3-7-34-13-16/h5-6,8-10,16H,3-4,7,11-13H2,1-2H3,(H,29,32). The van der Waals surface area contributed by atoms with Crippen molar-refractivity contribution in [2.24, 2.45) is 0 Å². The third-order valence-corrected chi connectivity index (χ3v) is 7.21. The summed E-state index contributed by atoms with van der Waals surface area (Å²) in [5.74, 6) is -0.456. The molecule has 1 atom stereocenters. The van der Waals surface area contributed by atoms with Gasteiger partial charge in [0.1, 0.15) is 5.82 Å². The maximum Gasteiger partial charge on any atom is 0.259 e. The SMILES string of the molecule is Cc1cc2c(cc1C(=O)N1Cc3c(C)ccc(F)c3C1)[nH]c(=O)c1cnn(C3CCCOC3)c12. The highest BCUT2D eigenvalue weighted by molar-refractivity contribution is 6.07. The molecular formula is C26H25FN4O3. The molecule has 2 aromatic carbocycles. The molecule has 0 radical (unpaired) electrons.